The minimum atomic E-state index is 0.385. The van der Waals surface area contributed by atoms with Crippen LogP contribution in [0.3, 0.4) is 0 Å². The molecule has 1 heterocycles. The largest absolute Gasteiger partial charge is 0.311 e. The molecule has 1 fully saturated rings. The summed E-state index contributed by atoms with van der Waals surface area (Å²) in [6, 6.07) is 0. The van der Waals surface area contributed by atoms with Gasteiger partial charge in [-0.05, 0) is 54.1 Å². The summed E-state index contributed by atoms with van der Waals surface area (Å²) in [4.78, 5) is 0. The van der Waals surface area contributed by atoms with Gasteiger partial charge >= 0.3 is 0 Å². The van der Waals surface area contributed by atoms with Crippen molar-refractivity contribution in [3.05, 3.63) is 15.9 Å². The number of nitrogens with one attached hydrogen (secondary N) is 1. The Labute approximate surface area is 129 Å². The highest BCUT2D eigenvalue weighted by atomic mass is 79.9. The predicted molar refractivity (Wildman–Crippen MR) is 83.6 cm³/mol. The third-order valence-corrected chi connectivity index (χ3v) is 5.26. The van der Waals surface area contributed by atoms with E-state index in [1.165, 1.54) is 25.0 Å². The number of aromatic nitrogens is 2. The second kappa shape index (κ2) is 7.09. The molecule has 0 radical (unpaired) electrons. The van der Waals surface area contributed by atoms with Gasteiger partial charge in [-0.25, -0.2) is 0 Å². The Morgan fingerprint density at radius 3 is 2.89 bits per heavy atom. The molecule has 108 valence electrons. The van der Waals surface area contributed by atoms with Crippen LogP contribution in [0.5, 0.6) is 0 Å². The summed E-state index contributed by atoms with van der Waals surface area (Å²) in [5, 5.41) is 8.46. The molecule has 3 nitrogen and oxygen atoms in total. The summed E-state index contributed by atoms with van der Waals surface area (Å²) < 4.78 is 3.13. The monoisotopic (exact) mass is 347 g/mol. The Kier molecular flexibility index (Phi) is 5.72. The lowest BCUT2D eigenvalue weighted by Gasteiger charge is -2.25. The van der Waals surface area contributed by atoms with Crippen LogP contribution < -0.4 is 5.32 Å². The molecule has 2 unspecified atom stereocenters. The van der Waals surface area contributed by atoms with Crippen molar-refractivity contribution in [3.63, 3.8) is 0 Å². The zero-order valence-electron chi connectivity index (χ0n) is 11.8. The van der Waals surface area contributed by atoms with Crippen molar-refractivity contribution < 1.29 is 0 Å². The third kappa shape index (κ3) is 3.96. The SMILES string of the molecule is CCc1nn(C)c(CNCC2CCCC(Cl)C2)c1Br. The van der Waals surface area contributed by atoms with E-state index in [0.717, 1.165) is 42.0 Å². The van der Waals surface area contributed by atoms with Gasteiger partial charge in [0, 0.05) is 19.0 Å². The molecule has 0 aromatic carbocycles. The first-order chi connectivity index (χ1) is 9.11. The third-order valence-electron chi connectivity index (χ3n) is 3.95. The minimum Gasteiger partial charge on any atom is -0.311 e. The molecule has 0 bridgehead atoms. The van der Waals surface area contributed by atoms with E-state index < -0.39 is 0 Å². The van der Waals surface area contributed by atoms with E-state index in [1.807, 2.05) is 11.7 Å². The quantitative estimate of drug-likeness (QED) is 0.823. The number of aryl methyl sites for hydroxylation is 2. The number of hydrogen-bond acceptors (Lipinski definition) is 2. The van der Waals surface area contributed by atoms with Gasteiger partial charge in [0.05, 0.1) is 15.9 Å². The number of hydrogen-bond donors (Lipinski definition) is 1. The summed E-state index contributed by atoms with van der Waals surface area (Å²) in [7, 11) is 2.01. The van der Waals surface area contributed by atoms with E-state index in [4.69, 9.17) is 11.6 Å². The number of alkyl halides is 1. The van der Waals surface area contributed by atoms with Crippen LogP contribution >= 0.6 is 27.5 Å². The normalized spacial score (nSPS) is 23.8. The molecule has 5 heteroatoms. The van der Waals surface area contributed by atoms with Crippen LogP contribution in [0.15, 0.2) is 4.47 Å². The zero-order valence-corrected chi connectivity index (χ0v) is 14.1. The summed E-state index contributed by atoms with van der Waals surface area (Å²) >= 11 is 9.88. The van der Waals surface area contributed by atoms with Crippen LogP contribution in [0, 0.1) is 5.92 Å². The van der Waals surface area contributed by atoms with Crippen molar-refractivity contribution in [2.45, 2.75) is 50.9 Å². The van der Waals surface area contributed by atoms with Gasteiger partial charge in [-0.3, -0.25) is 4.68 Å². The maximum atomic E-state index is 6.23. The molecular weight excluding hydrogens is 326 g/mol. The Morgan fingerprint density at radius 1 is 1.47 bits per heavy atom. The molecule has 0 amide bonds. The van der Waals surface area contributed by atoms with Gasteiger partial charge in [-0.1, -0.05) is 13.3 Å². The first kappa shape index (κ1) is 15.3. The molecule has 1 aliphatic rings. The molecule has 2 rings (SSSR count). The van der Waals surface area contributed by atoms with E-state index in [1.54, 1.807) is 0 Å². The van der Waals surface area contributed by atoms with Crippen LogP contribution in [-0.2, 0) is 20.0 Å². The Hall–Kier alpha value is -0.0600. The second-order valence-electron chi connectivity index (χ2n) is 5.45. The molecule has 2 atom stereocenters. The van der Waals surface area contributed by atoms with E-state index in [-0.39, 0.29) is 0 Å². The van der Waals surface area contributed by atoms with E-state index in [9.17, 15) is 0 Å². The van der Waals surface area contributed by atoms with Gasteiger partial charge < -0.3 is 5.32 Å². The van der Waals surface area contributed by atoms with Gasteiger partial charge in [0.15, 0.2) is 0 Å². The molecule has 1 aromatic heterocycles. The van der Waals surface area contributed by atoms with Gasteiger partial charge in [-0.15, -0.1) is 11.6 Å². The fraction of sp³-hybridized carbons (Fsp3) is 0.786. The van der Waals surface area contributed by atoms with E-state index in [0.29, 0.717) is 5.38 Å². The van der Waals surface area contributed by atoms with Crippen molar-refractivity contribution >= 4 is 27.5 Å². The molecular formula is C14H23BrClN3. The molecule has 1 saturated carbocycles. The molecule has 1 aromatic rings. The standard InChI is InChI=1S/C14H23BrClN3/c1-3-12-14(15)13(19(2)18-12)9-17-8-10-5-4-6-11(16)7-10/h10-11,17H,3-9H2,1-2H3. The van der Waals surface area contributed by atoms with Gasteiger partial charge in [0.1, 0.15) is 0 Å². The molecule has 1 aliphatic carbocycles. The van der Waals surface area contributed by atoms with Crippen LogP contribution in [0.4, 0.5) is 0 Å². The Morgan fingerprint density at radius 2 is 2.26 bits per heavy atom. The molecule has 1 N–H and O–H groups in total. The lowest BCUT2D eigenvalue weighted by Crippen LogP contribution is -2.28. The van der Waals surface area contributed by atoms with Crippen molar-refractivity contribution in [3.8, 4) is 0 Å². The maximum Gasteiger partial charge on any atom is 0.0767 e. The lowest BCUT2D eigenvalue weighted by atomic mass is 9.89. The smallest absolute Gasteiger partial charge is 0.0767 e. The number of halogens is 2. The highest BCUT2D eigenvalue weighted by molar-refractivity contribution is 9.10. The average molecular weight is 349 g/mol. The number of rotatable bonds is 5. The number of nitrogens with zero attached hydrogens (tertiary/aromatic N) is 2. The van der Waals surface area contributed by atoms with Crippen molar-refractivity contribution in [2.24, 2.45) is 13.0 Å². The predicted octanol–water partition coefficient (Wildman–Crippen LogP) is 3.63. The Bertz CT molecular complexity index is 419. The first-order valence-corrected chi connectivity index (χ1v) is 8.39. The van der Waals surface area contributed by atoms with Crippen molar-refractivity contribution in [1.29, 1.82) is 0 Å². The van der Waals surface area contributed by atoms with Crippen molar-refractivity contribution in [1.82, 2.24) is 15.1 Å². The topological polar surface area (TPSA) is 29.9 Å². The highest BCUT2D eigenvalue weighted by Gasteiger charge is 2.20. The maximum absolute atomic E-state index is 6.23. The molecule has 0 saturated heterocycles. The second-order valence-corrected chi connectivity index (χ2v) is 6.86. The average Bonchev–Trinajstić information content (AvgIpc) is 2.66. The van der Waals surface area contributed by atoms with Crippen LogP contribution in [-0.4, -0.2) is 21.7 Å². The lowest BCUT2D eigenvalue weighted by molar-refractivity contribution is 0.345. The summed E-state index contributed by atoms with van der Waals surface area (Å²) in [6.07, 6.45) is 5.89. The minimum absolute atomic E-state index is 0.385. The fourth-order valence-electron chi connectivity index (χ4n) is 2.82. The van der Waals surface area contributed by atoms with E-state index in [2.05, 4.69) is 33.3 Å². The molecule has 0 aliphatic heterocycles. The van der Waals surface area contributed by atoms with Gasteiger partial charge in [-0.2, -0.15) is 5.10 Å². The summed E-state index contributed by atoms with van der Waals surface area (Å²) in [6.45, 7) is 4.06. The van der Waals surface area contributed by atoms with Crippen molar-refractivity contribution in [2.75, 3.05) is 6.54 Å². The van der Waals surface area contributed by atoms with E-state index >= 15 is 0 Å². The Balaban J connectivity index is 1.84. The fourth-order valence-corrected chi connectivity index (χ4v) is 3.98. The zero-order chi connectivity index (χ0) is 13.8. The summed E-state index contributed by atoms with van der Waals surface area (Å²) in [5.41, 5.74) is 2.37. The van der Waals surface area contributed by atoms with Gasteiger partial charge in [0.2, 0.25) is 0 Å². The summed E-state index contributed by atoms with van der Waals surface area (Å²) in [5.74, 6) is 0.730. The van der Waals surface area contributed by atoms with Crippen LogP contribution in [0.2, 0.25) is 0 Å². The first-order valence-electron chi connectivity index (χ1n) is 7.16. The molecule has 19 heavy (non-hydrogen) atoms. The molecule has 0 spiro atoms. The van der Waals surface area contributed by atoms with Crippen LogP contribution in [0.25, 0.3) is 0 Å². The van der Waals surface area contributed by atoms with Crippen LogP contribution in [0.1, 0.15) is 44.0 Å². The highest BCUT2D eigenvalue weighted by Crippen LogP contribution is 2.27. The van der Waals surface area contributed by atoms with Gasteiger partial charge in [0.25, 0.3) is 0 Å².